The second kappa shape index (κ2) is 4.16. The van der Waals surface area contributed by atoms with E-state index in [0.29, 0.717) is 0 Å². The van der Waals surface area contributed by atoms with E-state index in [-0.39, 0.29) is 0 Å². The second-order valence-electron chi connectivity index (χ2n) is 1.97. The third-order valence-electron chi connectivity index (χ3n) is 1.02. The molecule has 0 amide bonds. The fourth-order valence-electron chi connectivity index (χ4n) is 0.535. The molecule has 0 aromatic heterocycles. The Morgan fingerprint density at radius 1 is 0.917 bits per heavy atom. The lowest BCUT2D eigenvalue weighted by atomic mass is 10.3. The molecule has 0 rings (SSSR count). The first-order valence-corrected chi connectivity index (χ1v) is 2.80. The van der Waals surface area contributed by atoms with Crippen LogP contribution in [0.25, 0.3) is 0 Å². The van der Waals surface area contributed by atoms with Crippen molar-refractivity contribution < 1.29 is 14.8 Å². The molecule has 0 aromatic rings. The Labute approximate surface area is 65.4 Å². The van der Waals surface area contributed by atoms with E-state index in [0.717, 1.165) is 0 Å². The molecule has 0 fully saturated rings. The third-order valence-corrected chi connectivity index (χ3v) is 1.02. The fourth-order valence-corrected chi connectivity index (χ4v) is 0.535. The summed E-state index contributed by atoms with van der Waals surface area (Å²) in [6, 6.07) is -1.74. The first kappa shape index (κ1) is 10.2. The molecular formula is C3H5N3O6. The van der Waals surface area contributed by atoms with Crippen LogP contribution in [0.5, 0.6) is 0 Å². The van der Waals surface area contributed by atoms with Crippen LogP contribution in [-0.4, -0.2) is 33.9 Å². The van der Waals surface area contributed by atoms with Crippen LogP contribution in [0.4, 0.5) is 0 Å². The zero-order chi connectivity index (χ0) is 9.72. The fraction of sp³-hybridized carbons (Fsp3) is 1.00. The summed E-state index contributed by atoms with van der Waals surface area (Å²) in [7, 11) is 0. The highest BCUT2D eigenvalue weighted by Crippen LogP contribution is 1.91. The number of nitrogens with zero attached hydrogens (tertiary/aromatic N) is 3. The second-order valence-corrected chi connectivity index (χ2v) is 1.97. The van der Waals surface area contributed by atoms with E-state index in [1.165, 1.54) is 0 Å². The highest BCUT2D eigenvalue weighted by Gasteiger charge is 2.32. The maximum Gasteiger partial charge on any atom is 0.338 e. The normalized spacial score (nSPS) is 9.75. The monoisotopic (exact) mass is 179 g/mol. The van der Waals surface area contributed by atoms with Gasteiger partial charge in [0.05, 0.1) is 0 Å². The lowest BCUT2D eigenvalue weighted by Crippen LogP contribution is -2.34. The van der Waals surface area contributed by atoms with E-state index in [4.69, 9.17) is 0 Å². The Morgan fingerprint density at radius 3 is 1.42 bits per heavy atom. The zero-order valence-electron chi connectivity index (χ0n) is 5.78. The highest BCUT2D eigenvalue weighted by molar-refractivity contribution is 4.50. The van der Waals surface area contributed by atoms with Gasteiger partial charge in [-0.15, -0.1) is 0 Å². The van der Waals surface area contributed by atoms with Crippen LogP contribution in [-0.2, 0) is 0 Å². The van der Waals surface area contributed by atoms with Crippen molar-refractivity contribution in [3.05, 3.63) is 30.3 Å². The van der Waals surface area contributed by atoms with E-state index in [1.54, 1.807) is 0 Å². The van der Waals surface area contributed by atoms with Crippen molar-refractivity contribution in [2.75, 3.05) is 13.1 Å². The SMILES string of the molecule is O=[N+]([O-])CC(C[N+](=O)[O-])[N+](=O)[O-]. The Balaban J connectivity index is 4.14. The quantitative estimate of drug-likeness (QED) is 0.400. The van der Waals surface area contributed by atoms with Gasteiger partial charge in [0.25, 0.3) is 13.1 Å². The molecule has 9 nitrogen and oxygen atoms in total. The molecule has 0 saturated carbocycles. The van der Waals surface area contributed by atoms with Crippen LogP contribution in [0, 0.1) is 30.3 Å². The minimum atomic E-state index is -1.74. The first-order valence-electron chi connectivity index (χ1n) is 2.80. The topological polar surface area (TPSA) is 129 Å². The van der Waals surface area contributed by atoms with Gasteiger partial charge in [0.2, 0.25) is 0 Å². The van der Waals surface area contributed by atoms with Crippen molar-refractivity contribution >= 4 is 0 Å². The minimum Gasteiger partial charge on any atom is -0.264 e. The molecule has 0 aliphatic heterocycles. The molecule has 0 bridgehead atoms. The summed E-state index contributed by atoms with van der Waals surface area (Å²) < 4.78 is 0. The number of hydrogen-bond acceptors (Lipinski definition) is 6. The average Bonchev–Trinajstić information content (AvgIpc) is 1.83. The summed E-state index contributed by atoms with van der Waals surface area (Å²) in [4.78, 5) is 26.6. The summed E-state index contributed by atoms with van der Waals surface area (Å²) in [6.07, 6.45) is 0. The largest absolute Gasteiger partial charge is 0.338 e. The number of nitro groups is 3. The highest BCUT2D eigenvalue weighted by atomic mass is 16.7. The van der Waals surface area contributed by atoms with Crippen LogP contribution < -0.4 is 0 Å². The van der Waals surface area contributed by atoms with Crippen molar-refractivity contribution in [2.45, 2.75) is 6.04 Å². The van der Waals surface area contributed by atoms with E-state index in [9.17, 15) is 30.3 Å². The first-order chi connectivity index (χ1) is 5.43. The molecule has 0 aromatic carbocycles. The third kappa shape index (κ3) is 4.09. The molecule has 0 aliphatic rings. The summed E-state index contributed by atoms with van der Waals surface area (Å²) in [5, 5.41) is 29.5. The standard InChI is InChI=1S/C3H5N3O6/c7-4(8)1-3(6(11)12)2-5(9)10/h3H,1-2H2. The van der Waals surface area contributed by atoms with Gasteiger partial charge in [-0.1, -0.05) is 0 Å². The van der Waals surface area contributed by atoms with Crippen LogP contribution >= 0.6 is 0 Å². The average molecular weight is 179 g/mol. The van der Waals surface area contributed by atoms with Gasteiger partial charge >= 0.3 is 6.04 Å². The van der Waals surface area contributed by atoms with Crippen molar-refractivity contribution in [3.8, 4) is 0 Å². The summed E-state index contributed by atoms with van der Waals surface area (Å²) in [5.41, 5.74) is 0. The molecular weight excluding hydrogens is 174 g/mol. The van der Waals surface area contributed by atoms with Crippen LogP contribution in [0.1, 0.15) is 0 Å². The van der Waals surface area contributed by atoms with Gasteiger partial charge in [-0.25, -0.2) is 0 Å². The maximum absolute atomic E-state index is 9.97. The van der Waals surface area contributed by atoms with Crippen molar-refractivity contribution in [1.82, 2.24) is 0 Å². The molecule has 0 aliphatic carbocycles. The van der Waals surface area contributed by atoms with Crippen molar-refractivity contribution in [3.63, 3.8) is 0 Å². The van der Waals surface area contributed by atoms with E-state index < -0.39 is 33.9 Å². The molecule has 0 radical (unpaired) electrons. The Kier molecular flexibility index (Phi) is 3.53. The van der Waals surface area contributed by atoms with E-state index in [1.807, 2.05) is 0 Å². The molecule has 0 saturated heterocycles. The molecule has 0 heterocycles. The van der Waals surface area contributed by atoms with Gasteiger partial charge < -0.3 is 0 Å². The Bertz CT molecular complexity index is 198. The smallest absolute Gasteiger partial charge is 0.264 e. The van der Waals surface area contributed by atoms with Crippen LogP contribution in [0.15, 0.2) is 0 Å². The van der Waals surface area contributed by atoms with Gasteiger partial charge in [0, 0.05) is 14.8 Å². The molecule has 0 unspecified atom stereocenters. The van der Waals surface area contributed by atoms with E-state index in [2.05, 4.69) is 0 Å². The predicted molar refractivity (Wildman–Crippen MR) is 34.5 cm³/mol. The number of rotatable bonds is 5. The molecule has 0 spiro atoms. The Hall–Kier alpha value is -1.80. The van der Waals surface area contributed by atoms with E-state index >= 15 is 0 Å². The van der Waals surface area contributed by atoms with Gasteiger partial charge in [0.1, 0.15) is 0 Å². The van der Waals surface area contributed by atoms with Crippen LogP contribution in [0.3, 0.4) is 0 Å². The minimum absolute atomic E-state index is 0.947. The van der Waals surface area contributed by atoms with Crippen molar-refractivity contribution in [1.29, 1.82) is 0 Å². The molecule has 0 N–H and O–H groups in total. The summed E-state index contributed by atoms with van der Waals surface area (Å²) >= 11 is 0. The summed E-state index contributed by atoms with van der Waals surface area (Å²) in [6.45, 7) is -2.04. The summed E-state index contributed by atoms with van der Waals surface area (Å²) in [5.74, 6) is 0. The Morgan fingerprint density at radius 2 is 1.25 bits per heavy atom. The maximum atomic E-state index is 9.97. The molecule has 9 heteroatoms. The zero-order valence-corrected chi connectivity index (χ0v) is 5.78. The lowest BCUT2D eigenvalue weighted by molar-refractivity contribution is -0.626. The molecule has 12 heavy (non-hydrogen) atoms. The van der Waals surface area contributed by atoms with Gasteiger partial charge in [-0.05, 0) is 0 Å². The van der Waals surface area contributed by atoms with Crippen LogP contribution in [0.2, 0.25) is 0 Å². The molecule has 0 atom stereocenters. The van der Waals surface area contributed by atoms with Gasteiger partial charge in [-0.2, -0.15) is 0 Å². The lowest BCUT2D eigenvalue weighted by Gasteiger charge is -1.98. The molecule has 68 valence electrons. The van der Waals surface area contributed by atoms with Gasteiger partial charge in [-0.3, -0.25) is 30.3 Å². The predicted octanol–water partition coefficient (Wildman–Crippen LogP) is -0.815. The van der Waals surface area contributed by atoms with Crippen molar-refractivity contribution in [2.24, 2.45) is 0 Å². The van der Waals surface area contributed by atoms with Gasteiger partial charge in [0.15, 0.2) is 0 Å². The number of hydrogen-bond donors (Lipinski definition) is 0.